The molecule has 3 nitrogen and oxygen atoms in total. The summed E-state index contributed by atoms with van der Waals surface area (Å²) in [6.07, 6.45) is 0.466. The van der Waals surface area contributed by atoms with Crippen molar-refractivity contribution in [3.63, 3.8) is 0 Å². The van der Waals surface area contributed by atoms with E-state index in [1.54, 1.807) is 12.1 Å². The lowest BCUT2D eigenvalue weighted by atomic mass is 9.97. The molecule has 0 saturated heterocycles. The molecule has 0 aliphatic carbocycles. The van der Waals surface area contributed by atoms with Crippen molar-refractivity contribution in [1.82, 2.24) is 5.32 Å². The molecule has 1 amide bonds. The summed E-state index contributed by atoms with van der Waals surface area (Å²) >= 11 is 0. The number of aliphatic hydroxyl groups excluding tert-OH is 1. The third-order valence-electron chi connectivity index (χ3n) is 2.40. The quantitative estimate of drug-likeness (QED) is 0.818. The van der Waals surface area contributed by atoms with Crippen LogP contribution in [0.15, 0.2) is 24.3 Å². The molecular formula is C16H21NO2. The first-order chi connectivity index (χ1) is 8.92. The number of hydrogen-bond acceptors (Lipinski definition) is 2. The molecule has 1 aromatic rings. The lowest BCUT2D eigenvalue weighted by molar-refractivity contribution is 0.0939. The van der Waals surface area contributed by atoms with Gasteiger partial charge in [-0.1, -0.05) is 32.6 Å². The van der Waals surface area contributed by atoms with Gasteiger partial charge in [0.1, 0.15) is 0 Å². The van der Waals surface area contributed by atoms with Crippen LogP contribution in [0.5, 0.6) is 0 Å². The van der Waals surface area contributed by atoms with E-state index in [1.807, 2.05) is 12.1 Å². The Morgan fingerprint density at radius 3 is 2.42 bits per heavy atom. The fourth-order valence-corrected chi connectivity index (χ4v) is 1.37. The average molecular weight is 259 g/mol. The van der Waals surface area contributed by atoms with Gasteiger partial charge in [0, 0.05) is 24.1 Å². The van der Waals surface area contributed by atoms with E-state index in [0.717, 1.165) is 5.56 Å². The van der Waals surface area contributed by atoms with Gasteiger partial charge in [0.25, 0.3) is 5.91 Å². The van der Waals surface area contributed by atoms with Crippen LogP contribution >= 0.6 is 0 Å². The van der Waals surface area contributed by atoms with Gasteiger partial charge >= 0.3 is 0 Å². The zero-order valence-electron chi connectivity index (χ0n) is 11.8. The number of aliphatic hydroxyl groups is 1. The van der Waals surface area contributed by atoms with E-state index in [4.69, 9.17) is 5.11 Å². The van der Waals surface area contributed by atoms with Gasteiger partial charge < -0.3 is 10.4 Å². The number of benzene rings is 1. The van der Waals surface area contributed by atoms with Gasteiger partial charge in [-0.2, -0.15) is 0 Å². The predicted molar refractivity (Wildman–Crippen MR) is 76.8 cm³/mol. The van der Waals surface area contributed by atoms with Crippen molar-refractivity contribution in [2.45, 2.75) is 27.2 Å². The minimum absolute atomic E-state index is 0.0650. The van der Waals surface area contributed by atoms with E-state index in [2.05, 4.69) is 37.9 Å². The van der Waals surface area contributed by atoms with E-state index >= 15 is 0 Å². The second kappa shape index (κ2) is 6.96. The molecule has 0 atom stereocenters. The maximum Gasteiger partial charge on any atom is 0.251 e. The maximum absolute atomic E-state index is 11.9. The van der Waals surface area contributed by atoms with Crippen molar-refractivity contribution in [1.29, 1.82) is 0 Å². The van der Waals surface area contributed by atoms with Crippen molar-refractivity contribution in [2.24, 2.45) is 5.41 Å². The summed E-state index contributed by atoms with van der Waals surface area (Å²) in [4.78, 5) is 11.9. The Balaban J connectivity index is 2.61. The first-order valence-electron chi connectivity index (χ1n) is 6.40. The fraction of sp³-hybridized carbons (Fsp3) is 0.438. The standard InChI is InChI=1S/C16H21NO2/c1-16(2,3)12-17-15(19)14-9-7-13(8-10-14)6-4-5-11-18/h7-10,18H,5,11-12H2,1-3H3,(H,17,19). The molecule has 0 aliphatic heterocycles. The van der Waals surface area contributed by atoms with E-state index in [0.29, 0.717) is 18.5 Å². The topological polar surface area (TPSA) is 49.3 Å². The zero-order chi connectivity index (χ0) is 14.3. The molecule has 0 radical (unpaired) electrons. The Morgan fingerprint density at radius 1 is 1.26 bits per heavy atom. The molecule has 0 aliphatic rings. The van der Waals surface area contributed by atoms with Crippen LogP contribution in [0.1, 0.15) is 43.1 Å². The summed E-state index contributed by atoms with van der Waals surface area (Å²) in [6.45, 7) is 6.94. The van der Waals surface area contributed by atoms with Crippen LogP contribution in [0.2, 0.25) is 0 Å². The van der Waals surface area contributed by atoms with E-state index in [-0.39, 0.29) is 17.9 Å². The summed E-state index contributed by atoms with van der Waals surface area (Å²) < 4.78 is 0. The highest BCUT2D eigenvalue weighted by Gasteiger charge is 2.12. The molecule has 3 heteroatoms. The van der Waals surface area contributed by atoms with Gasteiger partial charge in [-0.15, -0.1) is 0 Å². The Kier molecular flexibility index (Phi) is 5.59. The van der Waals surface area contributed by atoms with Gasteiger partial charge in [-0.25, -0.2) is 0 Å². The molecule has 0 spiro atoms. The third-order valence-corrected chi connectivity index (χ3v) is 2.40. The molecule has 19 heavy (non-hydrogen) atoms. The number of carbonyl (C=O) groups excluding carboxylic acids is 1. The van der Waals surface area contributed by atoms with Gasteiger partial charge in [0.2, 0.25) is 0 Å². The summed E-state index contributed by atoms with van der Waals surface area (Å²) in [5.41, 5.74) is 1.56. The molecule has 2 N–H and O–H groups in total. The van der Waals surface area contributed by atoms with E-state index in [9.17, 15) is 4.79 Å². The van der Waals surface area contributed by atoms with Crippen molar-refractivity contribution in [3.8, 4) is 11.8 Å². The average Bonchev–Trinajstić information content (AvgIpc) is 2.36. The highest BCUT2D eigenvalue weighted by Crippen LogP contribution is 2.11. The molecule has 0 bridgehead atoms. The normalized spacial score (nSPS) is 10.5. The van der Waals surface area contributed by atoms with Gasteiger partial charge in [0.05, 0.1) is 6.61 Å². The van der Waals surface area contributed by atoms with Crippen LogP contribution in [0.4, 0.5) is 0 Å². The zero-order valence-corrected chi connectivity index (χ0v) is 11.8. The van der Waals surface area contributed by atoms with Crippen LogP contribution in [-0.2, 0) is 0 Å². The van der Waals surface area contributed by atoms with E-state index < -0.39 is 0 Å². The number of carbonyl (C=O) groups is 1. The van der Waals surface area contributed by atoms with Gasteiger partial charge in [-0.05, 0) is 29.7 Å². The number of hydrogen-bond donors (Lipinski definition) is 2. The Morgan fingerprint density at radius 2 is 1.89 bits per heavy atom. The molecular weight excluding hydrogens is 238 g/mol. The second-order valence-corrected chi connectivity index (χ2v) is 5.60. The lowest BCUT2D eigenvalue weighted by Gasteiger charge is -2.18. The minimum atomic E-state index is -0.0650. The number of nitrogens with one attached hydrogen (secondary N) is 1. The first kappa shape index (κ1) is 15.3. The van der Waals surface area contributed by atoms with Gasteiger partial charge in [-0.3, -0.25) is 4.79 Å². The Bertz CT molecular complexity index is 472. The summed E-state index contributed by atoms with van der Waals surface area (Å²) in [6, 6.07) is 7.16. The number of amides is 1. The molecule has 0 unspecified atom stereocenters. The van der Waals surface area contributed by atoms with Crippen LogP contribution in [-0.4, -0.2) is 24.2 Å². The van der Waals surface area contributed by atoms with Crippen molar-refractivity contribution in [3.05, 3.63) is 35.4 Å². The minimum Gasteiger partial charge on any atom is -0.395 e. The molecule has 0 heterocycles. The fourth-order valence-electron chi connectivity index (χ4n) is 1.37. The summed E-state index contributed by atoms with van der Waals surface area (Å²) in [5, 5.41) is 11.5. The Hall–Kier alpha value is -1.79. The second-order valence-electron chi connectivity index (χ2n) is 5.60. The largest absolute Gasteiger partial charge is 0.395 e. The SMILES string of the molecule is CC(C)(C)CNC(=O)c1ccc(C#CCCO)cc1. The van der Waals surface area contributed by atoms with Gasteiger partial charge in [0.15, 0.2) is 0 Å². The highest BCUT2D eigenvalue weighted by atomic mass is 16.2. The van der Waals surface area contributed by atoms with Crippen LogP contribution < -0.4 is 5.32 Å². The van der Waals surface area contributed by atoms with Crippen LogP contribution in [0.25, 0.3) is 0 Å². The van der Waals surface area contributed by atoms with Crippen LogP contribution in [0, 0.1) is 17.3 Å². The molecule has 102 valence electrons. The molecule has 1 rings (SSSR count). The molecule has 0 fully saturated rings. The summed E-state index contributed by atoms with van der Waals surface area (Å²) in [7, 11) is 0. The van der Waals surface area contributed by atoms with Crippen molar-refractivity contribution >= 4 is 5.91 Å². The molecule has 1 aromatic carbocycles. The summed E-state index contributed by atoms with van der Waals surface area (Å²) in [5.74, 6) is 5.71. The van der Waals surface area contributed by atoms with Crippen molar-refractivity contribution in [2.75, 3.05) is 13.2 Å². The predicted octanol–water partition coefficient (Wildman–Crippen LogP) is 2.20. The monoisotopic (exact) mass is 259 g/mol. The molecule has 0 aromatic heterocycles. The third kappa shape index (κ3) is 6.08. The maximum atomic E-state index is 11.9. The first-order valence-corrected chi connectivity index (χ1v) is 6.40. The van der Waals surface area contributed by atoms with E-state index in [1.165, 1.54) is 0 Å². The van der Waals surface area contributed by atoms with Crippen LogP contribution in [0.3, 0.4) is 0 Å². The Labute approximate surface area is 115 Å². The highest BCUT2D eigenvalue weighted by molar-refractivity contribution is 5.94. The molecule has 0 saturated carbocycles. The lowest BCUT2D eigenvalue weighted by Crippen LogP contribution is -2.32. The number of rotatable bonds is 3. The van der Waals surface area contributed by atoms with Crippen molar-refractivity contribution < 1.29 is 9.90 Å². The smallest absolute Gasteiger partial charge is 0.251 e.